The van der Waals surface area contributed by atoms with Crippen molar-refractivity contribution in [2.24, 2.45) is 0 Å². The Labute approximate surface area is 119 Å². The minimum atomic E-state index is -0.347. The first-order valence-corrected chi connectivity index (χ1v) is 8.12. The van der Waals surface area contributed by atoms with Crippen LogP contribution >= 0.6 is 11.3 Å². The third-order valence-electron chi connectivity index (χ3n) is 4.63. The number of nitrogens with zero attached hydrogens (tertiary/aromatic N) is 1. The number of hydrogen-bond donors (Lipinski definition) is 1. The quantitative estimate of drug-likeness (QED) is 0.856. The fraction of sp³-hybridized carbons (Fsp3) is 0.667. The second kappa shape index (κ2) is 4.91. The molecule has 0 bridgehead atoms. The molecule has 0 aromatic carbocycles. The maximum Gasteiger partial charge on any atom is 0.243 e. The van der Waals surface area contributed by atoms with Gasteiger partial charge in [0.1, 0.15) is 0 Å². The van der Waals surface area contributed by atoms with Gasteiger partial charge < -0.3 is 10.2 Å². The van der Waals surface area contributed by atoms with Crippen molar-refractivity contribution in [1.82, 2.24) is 10.2 Å². The van der Waals surface area contributed by atoms with Crippen molar-refractivity contribution in [1.29, 1.82) is 0 Å². The van der Waals surface area contributed by atoms with Crippen LogP contribution in [-0.2, 0) is 11.2 Å². The molecule has 3 rings (SSSR count). The average Bonchev–Trinajstić information content (AvgIpc) is 2.88. The van der Waals surface area contributed by atoms with E-state index < -0.39 is 0 Å². The second-order valence-electron chi connectivity index (χ2n) is 5.94. The molecule has 0 aliphatic carbocycles. The van der Waals surface area contributed by atoms with Gasteiger partial charge in [-0.25, -0.2) is 0 Å². The summed E-state index contributed by atoms with van der Waals surface area (Å²) in [6.45, 7) is 6.07. The number of rotatable bonds is 1. The zero-order valence-corrected chi connectivity index (χ0v) is 12.6. The average molecular weight is 278 g/mol. The first-order valence-electron chi connectivity index (χ1n) is 7.24. The highest BCUT2D eigenvalue weighted by molar-refractivity contribution is 7.10. The maximum absolute atomic E-state index is 12.9. The fourth-order valence-corrected chi connectivity index (χ4v) is 4.31. The molecule has 1 saturated heterocycles. The molecule has 0 radical (unpaired) electrons. The minimum absolute atomic E-state index is 0.225. The van der Waals surface area contributed by atoms with Gasteiger partial charge in [0.15, 0.2) is 0 Å². The molecule has 1 aromatic heterocycles. The Bertz CT molecular complexity index is 476. The number of amides is 1. The third kappa shape index (κ3) is 2.21. The standard InChI is InChI=1S/C15H22N2OS/c1-11-12-6-10-19-13(12)5-9-17(11)14(18)15(2)7-3-4-8-16-15/h6,10-11,16H,3-5,7-9H2,1-2H3. The summed E-state index contributed by atoms with van der Waals surface area (Å²) in [4.78, 5) is 16.4. The van der Waals surface area contributed by atoms with Crippen LogP contribution in [0.1, 0.15) is 49.6 Å². The number of carbonyl (C=O) groups is 1. The molecule has 2 aliphatic heterocycles. The lowest BCUT2D eigenvalue weighted by atomic mass is 9.88. The van der Waals surface area contributed by atoms with Gasteiger partial charge in [0.05, 0.1) is 11.6 Å². The van der Waals surface area contributed by atoms with Gasteiger partial charge in [-0.2, -0.15) is 0 Å². The van der Waals surface area contributed by atoms with E-state index in [1.807, 2.05) is 11.3 Å². The van der Waals surface area contributed by atoms with Gasteiger partial charge in [-0.1, -0.05) is 0 Å². The summed E-state index contributed by atoms with van der Waals surface area (Å²) in [5.41, 5.74) is 1.00. The zero-order chi connectivity index (χ0) is 13.5. The second-order valence-corrected chi connectivity index (χ2v) is 6.94. The van der Waals surface area contributed by atoms with Crippen molar-refractivity contribution in [3.63, 3.8) is 0 Å². The van der Waals surface area contributed by atoms with Gasteiger partial charge in [-0.15, -0.1) is 11.3 Å². The van der Waals surface area contributed by atoms with Crippen LogP contribution in [0.2, 0.25) is 0 Å². The summed E-state index contributed by atoms with van der Waals surface area (Å²) in [6.07, 6.45) is 4.32. The van der Waals surface area contributed by atoms with E-state index in [1.54, 1.807) is 0 Å². The summed E-state index contributed by atoms with van der Waals surface area (Å²) in [7, 11) is 0. The lowest BCUT2D eigenvalue weighted by Gasteiger charge is -2.42. The Hall–Kier alpha value is -0.870. The normalized spacial score (nSPS) is 31.1. The van der Waals surface area contributed by atoms with Crippen molar-refractivity contribution in [2.45, 2.75) is 51.1 Å². The van der Waals surface area contributed by atoms with Crippen LogP contribution in [0.4, 0.5) is 0 Å². The maximum atomic E-state index is 12.9. The number of fused-ring (bicyclic) bond motifs is 1. The monoisotopic (exact) mass is 278 g/mol. The summed E-state index contributed by atoms with van der Waals surface area (Å²) in [5, 5.41) is 5.59. The molecular formula is C15H22N2OS. The molecule has 1 amide bonds. The largest absolute Gasteiger partial charge is 0.334 e. The van der Waals surface area contributed by atoms with Gasteiger partial charge in [-0.3, -0.25) is 4.79 Å². The van der Waals surface area contributed by atoms with E-state index in [1.165, 1.54) is 16.9 Å². The van der Waals surface area contributed by atoms with E-state index in [0.29, 0.717) is 0 Å². The zero-order valence-electron chi connectivity index (χ0n) is 11.7. The van der Waals surface area contributed by atoms with Crippen LogP contribution in [0.3, 0.4) is 0 Å². The molecule has 2 atom stereocenters. The molecule has 0 saturated carbocycles. The van der Waals surface area contributed by atoms with E-state index in [4.69, 9.17) is 0 Å². The van der Waals surface area contributed by atoms with Crippen molar-refractivity contribution < 1.29 is 4.79 Å². The van der Waals surface area contributed by atoms with Crippen molar-refractivity contribution in [3.05, 3.63) is 21.9 Å². The molecule has 19 heavy (non-hydrogen) atoms. The number of hydrogen-bond acceptors (Lipinski definition) is 3. The molecule has 2 aliphatic rings. The molecule has 1 aromatic rings. The van der Waals surface area contributed by atoms with Crippen molar-refractivity contribution >= 4 is 17.2 Å². The number of nitrogens with one attached hydrogen (secondary N) is 1. The third-order valence-corrected chi connectivity index (χ3v) is 5.63. The van der Waals surface area contributed by atoms with E-state index >= 15 is 0 Å². The summed E-state index contributed by atoms with van der Waals surface area (Å²) in [5.74, 6) is 0.288. The number of piperidine rings is 1. The number of thiophene rings is 1. The smallest absolute Gasteiger partial charge is 0.243 e. The van der Waals surface area contributed by atoms with Crippen LogP contribution in [0.25, 0.3) is 0 Å². The molecule has 3 nitrogen and oxygen atoms in total. The van der Waals surface area contributed by atoms with Crippen LogP contribution in [0, 0.1) is 0 Å². The first kappa shape index (κ1) is 13.1. The summed E-state index contributed by atoms with van der Waals surface area (Å²) in [6, 6.07) is 2.41. The minimum Gasteiger partial charge on any atom is -0.334 e. The molecule has 2 unspecified atom stereocenters. The summed E-state index contributed by atoms with van der Waals surface area (Å²) < 4.78 is 0. The number of carbonyl (C=O) groups excluding carboxylic acids is 1. The molecule has 3 heterocycles. The SMILES string of the molecule is CC1c2ccsc2CCN1C(=O)C1(C)CCCCN1. The van der Waals surface area contributed by atoms with Gasteiger partial charge in [-0.05, 0) is 63.1 Å². The highest BCUT2D eigenvalue weighted by Crippen LogP contribution is 2.35. The lowest BCUT2D eigenvalue weighted by Crippen LogP contribution is -2.59. The Morgan fingerprint density at radius 2 is 2.37 bits per heavy atom. The van der Waals surface area contributed by atoms with Crippen LogP contribution in [0.5, 0.6) is 0 Å². The van der Waals surface area contributed by atoms with Crippen molar-refractivity contribution in [3.8, 4) is 0 Å². The topological polar surface area (TPSA) is 32.3 Å². The molecule has 104 valence electrons. The van der Waals surface area contributed by atoms with Gasteiger partial charge in [0.25, 0.3) is 0 Å². The van der Waals surface area contributed by atoms with Crippen molar-refractivity contribution in [2.75, 3.05) is 13.1 Å². The predicted molar refractivity (Wildman–Crippen MR) is 78.4 cm³/mol. The Balaban J connectivity index is 1.81. The predicted octanol–water partition coefficient (Wildman–Crippen LogP) is 2.73. The molecule has 1 fully saturated rings. The highest BCUT2D eigenvalue weighted by Gasteiger charge is 2.40. The van der Waals surface area contributed by atoms with Gasteiger partial charge in [0.2, 0.25) is 5.91 Å². The Morgan fingerprint density at radius 1 is 1.53 bits per heavy atom. The fourth-order valence-electron chi connectivity index (χ4n) is 3.34. The molecular weight excluding hydrogens is 256 g/mol. The molecule has 0 spiro atoms. The molecule has 4 heteroatoms. The van der Waals surface area contributed by atoms with Crippen LogP contribution in [0.15, 0.2) is 11.4 Å². The van der Waals surface area contributed by atoms with Gasteiger partial charge in [0, 0.05) is 11.4 Å². The highest BCUT2D eigenvalue weighted by atomic mass is 32.1. The Morgan fingerprint density at radius 3 is 3.11 bits per heavy atom. The first-order chi connectivity index (χ1) is 9.12. The molecule has 1 N–H and O–H groups in total. The van der Waals surface area contributed by atoms with E-state index in [2.05, 4.69) is 35.5 Å². The van der Waals surface area contributed by atoms with Crippen LogP contribution in [-0.4, -0.2) is 29.4 Å². The lowest BCUT2D eigenvalue weighted by molar-refractivity contribution is -0.141. The van der Waals surface area contributed by atoms with Gasteiger partial charge >= 0.3 is 0 Å². The Kier molecular flexibility index (Phi) is 3.39. The van der Waals surface area contributed by atoms with E-state index in [-0.39, 0.29) is 17.5 Å². The van der Waals surface area contributed by atoms with E-state index in [0.717, 1.165) is 32.4 Å². The summed E-state index contributed by atoms with van der Waals surface area (Å²) >= 11 is 1.82. The van der Waals surface area contributed by atoms with E-state index in [9.17, 15) is 4.79 Å². The van der Waals surface area contributed by atoms with Crippen LogP contribution < -0.4 is 5.32 Å².